The molecule has 0 atom stereocenters. The van der Waals surface area contributed by atoms with Crippen molar-refractivity contribution in [1.82, 2.24) is 0 Å². The molecule has 0 saturated heterocycles. The zero-order valence-electron chi connectivity index (χ0n) is 7.21. The van der Waals surface area contributed by atoms with Crippen molar-refractivity contribution in [1.29, 1.82) is 0 Å². The molecular formula is C9H8O4S. The number of carbonyl (C=O) groups is 1. The van der Waals surface area contributed by atoms with Gasteiger partial charge in [-0.15, -0.1) is 0 Å². The van der Waals surface area contributed by atoms with Gasteiger partial charge in [-0.1, -0.05) is 18.2 Å². The predicted molar refractivity (Wildman–Crippen MR) is 51.7 cm³/mol. The van der Waals surface area contributed by atoms with Crippen LogP contribution in [0.25, 0.3) is 0 Å². The van der Waals surface area contributed by atoms with Gasteiger partial charge in [0.2, 0.25) is 10.3 Å². The van der Waals surface area contributed by atoms with E-state index in [1.807, 2.05) is 0 Å². The molecule has 4 nitrogen and oxygen atoms in total. The molecule has 5 heteroatoms. The Morgan fingerprint density at radius 1 is 1.29 bits per heavy atom. The molecule has 0 fully saturated rings. The number of hydrogen-bond acceptors (Lipinski definition) is 4. The Bertz CT molecular complexity index is 425. The summed E-state index contributed by atoms with van der Waals surface area (Å²) in [6.45, 7) is -0.232. The fourth-order valence-corrected chi connectivity index (χ4v) is 1.00. The van der Waals surface area contributed by atoms with Crippen molar-refractivity contribution in [2.75, 3.05) is 6.61 Å². The second-order valence-electron chi connectivity index (χ2n) is 2.39. The van der Waals surface area contributed by atoms with E-state index in [1.165, 1.54) is 0 Å². The highest BCUT2D eigenvalue weighted by molar-refractivity contribution is 7.71. The van der Waals surface area contributed by atoms with E-state index in [2.05, 4.69) is 4.74 Å². The van der Waals surface area contributed by atoms with E-state index >= 15 is 0 Å². The topological polar surface area (TPSA) is 60.4 Å². The molecule has 0 aromatic heterocycles. The van der Waals surface area contributed by atoms with Crippen molar-refractivity contribution in [3.05, 3.63) is 35.9 Å². The molecule has 1 rings (SSSR count). The van der Waals surface area contributed by atoms with E-state index in [-0.39, 0.29) is 6.61 Å². The van der Waals surface area contributed by atoms with Gasteiger partial charge in [-0.3, -0.25) is 0 Å². The molecule has 0 amide bonds. The van der Waals surface area contributed by atoms with Crippen molar-refractivity contribution >= 4 is 21.6 Å². The van der Waals surface area contributed by atoms with Crippen LogP contribution in [0.2, 0.25) is 0 Å². The first-order chi connectivity index (χ1) is 6.70. The first kappa shape index (κ1) is 10.5. The minimum Gasteiger partial charge on any atom is -0.457 e. The lowest BCUT2D eigenvalue weighted by Gasteiger charge is -1.99. The van der Waals surface area contributed by atoms with Gasteiger partial charge in [-0.25, -0.2) is 4.79 Å². The van der Waals surface area contributed by atoms with Crippen LogP contribution in [0.3, 0.4) is 0 Å². The lowest BCUT2D eigenvalue weighted by atomic mass is 10.2. The quantitative estimate of drug-likeness (QED) is 0.541. The first-order valence-corrected chi connectivity index (χ1v) is 4.97. The molecule has 0 N–H and O–H groups in total. The van der Waals surface area contributed by atoms with E-state index in [4.69, 9.17) is 0 Å². The Morgan fingerprint density at radius 3 is 2.50 bits per heavy atom. The smallest absolute Gasteiger partial charge is 0.338 e. The molecule has 14 heavy (non-hydrogen) atoms. The average molecular weight is 212 g/mol. The molecule has 0 bridgehead atoms. The minimum absolute atomic E-state index is 0.232. The summed E-state index contributed by atoms with van der Waals surface area (Å²) >= 11 is 0. The SMILES string of the molecule is O=C(OCC=S(=O)=O)c1ccccc1. The van der Waals surface area contributed by atoms with E-state index in [0.717, 1.165) is 5.37 Å². The lowest BCUT2D eigenvalue weighted by Crippen LogP contribution is -2.06. The highest BCUT2D eigenvalue weighted by atomic mass is 32.2. The van der Waals surface area contributed by atoms with Crippen molar-refractivity contribution in [3.8, 4) is 0 Å². The maximum atomic E-state index is 11.2. The molecule has 1 aromatic carbocycles. The van der Waals surface area contributed by atoms with Crippen LogP contribution >= 0.6 is 0 Å². The molecule has 0 unspecified atom stereocenters. The van der Waals surface area contributed by atoms with Gasteiger partial charge >= 0.3 is 5.97 Å². The largest absolute Gasteiger partial charge is 0.457 e. The third-order valence-corrected chi connectivity index (χ3v) is 1.84. The molecule has 0 aliphatic heterocycles. The number of hydrogen-bond donors (Lipinski definition) is 0. The molecule has 1 aromatic rings. The van der Waals surface area contributed by atoms with Crippen LogP contribution in [0, 0.1) is 0 Å². The number of benzene rings is 1. The molecule has 74 valence electrons. The monoisotopic (exact) mass is 212 g/mol. The minimum atomic E-state index is -2.29. The van der Waals surface area contributed by atoms with E-state index in [0.29, 0.717) is 5.56 Å². The highest BCUT2D eigenvalue weighted by Gasteiger charge is 2.03. The molecule has 0 spiro atoms. The Balaban J connectivity index is 2.56. The van der Waals surface area contributed by atoms with Crippen LogP contribution in [-0.4, -0.2) is 26.4 Å². The van der Waals surface area contributed by atoms with Gasteiger partial charge in [0.15, 0.2) is 0 Å². The van der Waals surface area contributed by atoms with Crippen LogP contribution in [0.5, 0.6) is 0 Å². The number of carbonyl (C=O) groups excluding carboxylic acids is 1. The van der Waals surface area contributed by atoms with Crippen LogP contribution in [0.1, 0.15) is 10.4 Å². The summed E-state index contributed by atoms with van der Waals surface area (Å²) in [5.41, 5.74) is 0.401. The second kappa shape index (κ2) is 5.18. The van der Waals surface area contributed by atoms with Crippen LogP contribution < -0.4 is 0 Å². The summed E-state index contributed by atoms with van der Waals surface area (Å²) in [7, 11) is -2.29. The standard InChI is InChI=1S/C9H8O4S/c10-9(13-6-7-14(11)12)8-4-2-1-3-5-8/h1-5,7H,6H2. The fraction of sp³-hybridized carbons (Fsp3) is 0.111. The zero-order chi connectivity index (χ0) is 10.4. The Kier molecular flexibility index (Phi) is 3.87. The van der Waals surface area contributed by atoms with Gasteiger partial charge in [0.05, 0.1) is 10.9 Å². The summed E-state index contributed by atoms with van der Waals surface area (Å²) < 4.78 is 24.8. The van der Waals surface area contributed by atoms with Crippen LogP contribution in [0.4, 0.5) is 0 Å². The van der Waals surface area contributed by atoms with Gasteiger partial charge in [0, 0.05) is 0 Å². The maximum absolute atomic E-state index is 11.2. The molecule has 0 aliphatic rings. The summed E-state index contributed by atoms with van der Waals surface area (Å²) in [6.07, 6.45) is 0. The maximum Gasteiger partial charge on any atom is 0.338 e. The Morgan fingerprint density at radius 2 is 1.93 bits per heavy atom. The summed E-state index contributed by atoms with van der Waals surface area (Å²) in [4.78, 5) is 11.2. The third-order valence-electron chi connectivity index (χ3n) is 1.43. The highest BCUT2D eigenvalue weighted by Crippen LogP contribution is 1.99. The number of esters is 1. The Hall–Kier alpha value is -1.62. The van der Waals surface area contributed by atoms with E-state index in [1.54, 1.807) is 30.3 Å². The van der Waals surface area contributed by atoms with Crippen LogP contribution in [-0.2, 0) is 15.0 Å². The average Bonchev–Trinajstić information content (AvgIpc) is 2.18. The van der Waals surface area contributed by atoms with Crippen molar-refractivity contribution < 1.29 is 17.9 Å². The first-order valence-electron chi connectivity index (χ1n) is 3.83. The number of ether oxygens (including phenoxy) is 1. The summed E-state index contributed by atoms with van der Waals surface area (Å²) in [5.74, 6) is -0.535. The predicted octanol–water partition coefficient (Wildman–Crippen LogP) is 0.525. The van der Waals surface area contributed by atoms with Gasteiger partial charge in [-0.05, 0) is 12.1 Å². The second-order valence-corrected chi connectivity index (χ2v) is 3.25. The van der Waals surface area contributed by atoms with Gasteiger partial charge < -0.3 is 4.74 Å². The normalized spacial score (nSPS) is 9.14. The summed E-state index contributed by atoms with van der Waals surface area (Å²) in [5, 5.41) is 0.876. The van der Waals surface area contributed by atoms with E-state index < -0.39 is 16.3 Å². The number of rotatable bonds is 3. The summed E-state index contributed by atoms with van der Waals surface area (Å²) in [6, 6.07) is 8.36. The molecule has 0 aliphatic carbocycles. The van der Waals surface area contributed by atoms with E-state index in [9.17, 15) is 13.2 Å². The van der Waals surface area contributed by atoms with Gasteiger partial charge in [0.1, 0.15) is 6.61 Å². The zero-order valence-corrected chi connectivity index (χ0v) is 8.03. The third kappa shape index (κ3) is 3.40. The molecular weight excluding hydrogens is 204 g/mol. The van der Waals surface area contributed by atoms with Gasteiger partial charge in [-0.2, -0.15) is 8.42 Å². The lowest BCUT2D eigenvalue weighted by molar-refractivity contribution is 0.0568. The van der Waals surface area contributed by atoms with Crippen molar-refractivity contribution in [2.24, 2.45) is 0 Å². The Labute approximate surface area is 82.7 Å². The molecule has 0 heterocycles. The van der Waals surface area contributed by atoms with Crippen molar-refractivity contribution in [2.45, 2.75) is 0 Å². The van der Waals surface area contributed by atoms with Gasteiger partial charge in [0.25, 0.3) is 0 Å². The fourth-order valence-electron chi connectivity index (χ4n) is 0.823. The molecule has 0 saturated carbocycles. The van der Waals surface area contributed by atoms with Crippen molar-refractivity contribution in [3.63, 3.8) is 0 Å². The molecule has 0 radical (unpaired) electrons. The van der Waals surface area contributed by atoms with Crippen LogP contribution in [0.15, 0.2) is 30.3 Å².